The number of rotatable bonds is 3. The Hall–Kier alpha value is -3.81. The summed E-state index contributed by atoms with van der Waals surface area (Å²) in [5.41, 5.74) is 4.16. The Balaban J connectivity index is 1.51. The fourth-order valence-electron chi connectivity index (χ4n) is 3.89. The van der Waals surface area contributed by atoms with Gasteiger partial charge in [0.2, 0.25) is 0 Å². The Morgan fingerprint density at radius 1 is 1.07 bits per heavy atom. The number of nitrogens with zero attached hydrogens (tertiary/aromatic N) is 6. The van der Waals surface area contributed by atoms with Crippen molar-refractivity contribution in [2.24, 2.45) is 7.05 Å². The first-order valence-electron chi connectivity index (χ1n) is 9.67. The Morgan fingerprint density at radius 2 is 1.83 bits per heavy atom. The molecular formula is C22H19FN6O. The molecule has 0 fully saturated rings. The summed E-state index contributed by atoms with van der Waals surface area (Å²) >= 11 is 0. The largest absolute Gasteiger partial charge is 0.334 e. The first-order valence-corrected chi connectivity index (χ1v) is 9.67. The zero-order chi connectivity index (χ0) is 20.7. The van der Waals surface area contributed by atoms with Crippen LogP contribution < -0.4 is 0 Å². The molecule has 0 N–H and O–H groups in total. The molecule has 7 nitrogen and oxygen atoms in total. The molecule has 5 rings (SSSR count). The highest BCUT2D eigenvalue weighted by molar-refractivity contribution is 5.94. The number of halogens is 1. The molecule has 1 amide bonds. The molecule has 0 radical (unpaired) electrons. The fourth-order valence-corrected chi connectivity index (χ4v) is 3.89. The Labute approximate surface area is 172 Å². The van der Waals surface area contributed by atoms with Gasteiger partial charge in [-0.15, -0.1) is 10.2 Å². The van der Waals surface area contributed by atoms with Gasteiger partial charge >= 0.3 is 0 Å². The standard InChI is InChI=1S/C22H19FN6O/c1-27-19-11-12-28(22(30)15-7-9-16(23)10-8-15)13-18(19)20(26-27)21-25-24-14-29(21)17-5-3-2-4-6-17/h2-10,14H,11-13H2,1H3. The van der Waals surface area contributed by atoms with Gasteiger partial charge in [-0.25, -0.2) is 4.39 Å². The maximum absolute atomic E-state index is 13.2. The van der Waals surface area contributed by atoms with E-state index in [1.54, 1.807) is 11.2 Å². The van der Waals surface area contributed by atoms with Crippen molar-refractivity contribution in [3.8, 4) is 17.2 Å². The van der Waals surface area contributed by atoms with E-state index in [1.165, 1.54) is 24.3 Å². The van der Waals surface area contributed by atoms with E-state index in [9.17, 15) is 9.18 Å². The number of carbonyl (C=O) groups is 1. The molecule has 4 aromatic rings. The second kappa shape index (κ2) is 7.22. The molecule has 0 spiro atoms. The lowest BCUT2D eigenvalue weighted by Gasteiger charge is -2.27. The third-order valence-corrected chi connectivity index (χ3v) is 5.41. The molecule has 2 aromatic carbocycles. The maximum Gasteiger partial charge on any atom is 0.254 e. The number of aromatic nitrogens is 5. The summed E-state index contributed by atoms with van der Waals surface area (Å²) in [5, 5.41) is 13.1. The van der Waals surface area contributed by atoms with Crippen LogP contribution in [0.5, 0.6) is 0 Å². The van der Waals surface area contributed by atoms with E-state index in [0.717, 1.165) is 16.9 Å². The van der Waals surface area contributed by atoms with E-state index in [0.29, 0.717) is 36.6 Å². The average molecular weight is 402 g/mol. The fraction of sp³-hybridized carbons (Fsp3) is 0.182. The zero-order valence-corrected chi connectivity index (χ0v) is 16.4. The molecule has 0 atom stereocenters. The normalized spacial score (nSPS) is 13.3. The van der Waals surface area contributed by atoms with Gasteiger partial charge in [0, 0.05) is 42.5 Å². The van der Waals surface area contributed by atoms with Gasteiger partial charge in [-0.2, -0.15) is 5.10 Å². The van der Waals surface area contributed by atoms with Crippen LogP contribution in [0.15, 0.2) is 60.9 Å². The van der Waals surface area contributed by atoms with E-state index in [-0.39, 0.29) is 11.7 Å². The van der Waals surface area contributed by atoms with Crippen LogP contribution in [0, 0.1) is 5.82 Å². The number of carbonyl (C=O) groups excluding carboxylic acids is 1. The van der Waals surface area contributed by atoms with Gasteiger partial charge in [-0.05, 0) is 36.4 Å². The van der Waals surface area contributed by atoms with Gasteiger partial charge in [0.1, 0.15) is 17.8 Å². The van der Waals surface area contributed by atoms with E-state index < -0.39 is 0 Å². The third-order valence-electron chi connectivity index (χ3n) is 5.41. The van der Waals surface area contributed by atoms with E-state index in [4.69, 9.17) is 5.10 Å². The predicted octanol–water partition coefficient (Wildman–Crippen LogP) is 3.01. The lowest BCUT2D eigenvalue weighted by Crippen LogP contribution is -2.36. The van der Waals surface area contributed by atoms with Crippen molar-refractivity contribution in [3.05, 3.63) is 83.6 Å². The summed E-state index contributed by atoms with van der Waals surface area (Å²) in [6.45, 7) is 0.990. The summed E-state index contributed by atoms with van der Waals surface area (Å²) in [4.78, 5) is 14.7. The van der Waals surface area contributed by atoms with Crippen molar-refractivity contribution < 1.29 is 9.18 Å². The van der Waals surface area contributed by atoms with Crippen molar-refractivity contribution in [1.29, 1.82) is 0 Å². The van der Waals surface area contributed by atoms with E-state index in [1.807, 2.05) is 46.6 Å². The quantitative estimate of drug-likeness (QED) is 0.528. The van der Waals surface area contributed by atoms with Crippen molar-refractivity contribution in [2.75, 3.05) is 6.54 Å². The van der Waals surface area contributed by atoms with Crippen molar-refractivity contribution >= 4 is 5.91 Å². The van der Waals surface area contributed by atoms with Crippen LogP contribution in [0.2, 0.25) is 0 Å². The number of para-hydroxylation sites is 1. The summed E-state index contributed by atoms with van der Waals surface area (Å²) < 4.78 is 17.0. The average Bonchev–Trinajstić information content (AvgIpc) is 3.39. The highest BCUT2D eigenvalue weighted by Gasteiger charge is 2.29. The molecule has 0 saturated heterocycles. The van der Waals surface area contributed by atoms with Gasteiger partial charge in [0.25, 0.3) is 5.91 Å². The number of hydrogen-bond acceptors (Lipinski definition) is 4. The number of amides is 1. The predicted molar refractivity (Wildman–Crippen MR) is 108 cm³/mol. The highest BCUT2D eigenvalue weighted by atomic mass is 19.1. The Morgan fingerprint density at radius 3 is 2.60 bits per heavy atom. The van der Waals surface area contributed by atoms with Gasteiger partial charge < -0.3 is 4.90 Å². The van der Waals surface area contributed by atoms with Gasteiger partial charge in [0.15, 0.2) is 5.82 Å². The van der Waals surface area contributed by atoms with Crippen LogP contribution >= 0.6 is 0 Å². The second-order valence-electron chi connectivity index (χ2n) is 7.24. The number of benzene rings is 2. The van der Waals surface area contributed by atoms with Crippen molar-refractivity contribution in [3.63, 3.8) is 0 Å². The topological polar surface area (TPSA) is 68.8 Å². The van der Waals surface area contributed by atoms with Crippen LogP contribution in [0.4, 0.5) is 4.39 Å². The molecule has 0 unspecified atom stereocenters. The molecule has 2 aromatic heterocycles. The van der Waals surface area contributed by atoms with Gasteiger partial charge in [-0.1, -0.05) is 18.2 Å². The summed E-state index contributed by atoms with van der Waals surface area (Å²) in [6.07, 6.45) is 2.35. The van der Waals surface area contributed by atoms with Crippen LogP contribution in [-0.2, 0) is 20.0 Å². The molecule has 8 heteroatoms. The SMILES string of the molecule is Cn1nc(-c2nncn2-c2ccccc2)c2c1CCN(C(=O)c1ccc(F)cc1)C2. The van der Waals surface area contributed by atoms with Crippen molar-refractivity contribution in [1.82, 2.24) is 29.4 Å². The molecule has 150 valence electrons. The first kappa shape index (κ1) is 18.2. The maximum atomic E-state index is 13.2. The summed E-state index contributed by atoms with van der Waals surface area (Å²) in [5.74, 6) is 0.149. The number of aryl methyl sites for hydroxylation is 1. The minimum absolute atomic E-state index is 0.125. The molecule has 1 aliphatic heterocycles. The lowest BCUT2D eigenvalue weighted by molar-refractivity contribution is 0.0733. The second-order valence-corrected chi connectivity index (χ2v) is 7.24. The molecule has 0 aliphatic carbocycles. The monoisotopic (exact) mass is 402 g/mol. The molecular weight excluding hydrogens is 383 g/mol. The third kappa shape index (κ3) is 3.06. The van der Waals surface area contributed by atoms with Gasteiger partial charge in [0.05, 0.1) is 6.54 Å². The summed E-state index contributed by atoms with van der Waals surface area (Å²) in [6, 6.07) is 15.5. The summed E-state index contributed by atoms with van der Waals surface area (Å²) in [7, 11) is 1.91. The Bertz CT molecular complexity index is 1210. The molecule has 0 saturated carbocycles. The van der Waals surface area contributed by atoms with E-state index in [2.05, 4.69) is 10.2 Å². The highest BCUT2D eigenvalue weighted by Crippen LogP contribution is 2.30. The zero-order valence-electron chi connectivity index (χ0n) is 16.4. The molecule has 1 aliphatic rings. The minimum atomic E-state index is -0.359. The lowest BCUT2D eigenvalue weighted by atomic mass is 10.0. The van der Waals surface area contributed by atoms with Crippen LogP contribution in [0.25, 0.3) is 17.2 Å². The number of fused-ring (bicyclic) bond motifs is 1. The molecule has 3 heterocycles. The minimum Gasteiger partial charge on any atom is -0.334 e. The number of hydrogen-bond donors (Lipinski definition) is 0. The first-order chi connectivity index (χ1) is 14.6. The smallest absolute Gasteiger partial charge is 0.254 e. The van der Waals surface area contributed by atoms with Crippen LogP contribution in [-0.4, -0.2) is 41.9 Å². The van der Waals surface area contributed by atoms with Crippen molar-refractivity contribution in [2.45, 2.75) is 13.0 Å². The van der Waals surface area contributed by atoms with Crippen LogP contribution in [0.3, 0.4) is 0 Å². The Kier molecular flexibility index (Phi) is 4.39. The van der Waals surface area contributed by atoms with Crippen LogP contribution in [0.1, 0.15) is 21.6 Å². The molecule has 30 heavy (non-hydrogen) atoms. The van der Waals surface area contributed by atoms with E-state index >= 15 is 0 Å². The molecule has 0 bridgehead atoms. The van der Waals surface area contributed by atoms with Gasteiger partial charge in [-0.3, -0.25) is 14.0 Å².